The average Bonchev–Trinajstić information content (AvgIpc) is 3.26. The van der Waals surface area contributed by atoms with E-state index in [2.05, 4.69) is 4.90 Å². The van der Waals surface area contributed by atoms with Crippen LogP contribution >= 0.6 is 0 Å². The van der Waals surface area contributed by atoms with Crippen molar-refractivity contribution in [2.24, 2.45) is 7.05 Å². The van der Waals surface area contributed by atoms with Crippen LogP contribution in [0.15, 0.2) is 70.3 Å². The summed E-state index contributed by atoms with van der Waals surface area (Å²) in [6.07, 6.45) is 4.61. The topological polar surface area (TPSA) is 74.3 Å². The number of aryl methyl sites for hydroxylation is 2. The third-order valence-electron chi connectivity index (χ3n) is 6.07. The number of fused-ring (bicyclic) bond motifs is 3. The van der Waals surface area contributed by atoms with Gasteiger partial charge in [0.1, 0.15) is 5.75 Å². The van der Waals surface area contributed by atoms with Gasteiger partial charge in [-0.2, -0.15) is 4.98 Å². The molecule has 3 heterocycles. The van der Waals surface area contributed by atoms with Crippen LogP contribution in [-0.2, 0) is 20.1 Å². The Labute approximate surface area is 197 Å². The molecule has 0 saturated carbocycles. The highest BCUT2D eigenvalue weighted by atomic mass is 16.5. The molecule has 1 aliphatic rings. The molecule has 0 spiro atoms. The molecule has 4 aromatic rings. The molecule has 0 N–H and O–H groups in total. The van der Waals surface area contributed by atoms with Crippen molar-refractivity contribution >= 4 is 28.9 Å². The van der Waals surface area contributed by atoms with Crippen LogP contribution in [0.4, 0.5) is 11.6 Å². The quantitative estimate of drug-likeness (QED) is 0.443. The van der Waals surface area contributed by atoms with E-state index in [0.29, 0.717) is 30.3 Å². The number of ether oxygens (including phenoxy) is 1. The Bertz CT molecular complexity index is 1460. The molecule has 0 fully saturated rings. The van der Waals surface area contributed by atoms with Gasteiger partial charge in [-0.1, -0.05) is 42.5 Å². The number of rotatable bonds is 6. The Morgan fingerprint density at radius 1 is 1.03 bits per heavy atom. The number of anilines is 2. The number of nitrogens with zero attached hydrogens (tertiary/aromatic N) is 5. The molecule has 0 unspecified atom stereocenters. The minimum atomic E-state index is -0.377. The van der Waals surface area contributed by atoms with Gasteiger partial charge in [0, 0.05) is 32.4 Å². The van der Waals surface area contributed by atoms with Gasteiger partial charge >= 0.3 is 5.69 Å². The third kappa shape index (κ3) is 3.81. The Hall–Kier alpha value is -4.07. The van der Waals surface area contributed by atoms with Crippen molar-refractivity contribution in [3.05, 3.63) is 87.1 Å². The van der Waals surface area contributed by atoms with Crippen LogP contribution in [0.2, 0.25) is 0 Å². The zero-order chi connectivity index (χ0) is 23.7. The zero-order valence-corrected chi connectivity index (χ0v) is 19.3. The van der Waals surface area contributed by atoms with E-state index in [-0.39, 0.29) is 17.8 Å². The summed E-state index contributed by atoms with van der Waals surface area (Å²) in [5.41, 5.74) is 2.16. The summed E-state index contributed by atoms with van der Waals surface area (Å²) in [6.45, 7) is 4.21. The van der Waals surface area contributed by atoms with Crippen LogP contribution in [0.3, 0.4) is 0 Å². The second kappa shape index (κ2) is 9.05. The van der Waals surface area contributed by atoms with E-state index in [0.717, 1.165) is 30.0 Å². The normalized spacial score (nSPS) is 13.5. The van der Waals surface area contributed by atoms with E-state index < -0.39 is 0 Å². The lowest BCUT2D eigenvalue weighted by Gasteiger charge is -2.29. The van der Waals surface area contributed by atoms with Crippen molar-refractivity contribution < 1.29 is 4.74 Å². The molecule has 0 atom stereocenters. The van der Waals surface area contributed by atoms with Gasteiger partial charge in [-0.15, -0.1) is 0 Å². The Balaban J connectivity index is 1.56. The average molecular weight is 458 g/mol. The molecule has 0 radical (unpaired) electrons. The molecule has 0 bridgehead atoms. The van der Waals surface area contributed by atoms with Crippen LogP contribution in [0.25, 0.3) is 17.2 Å². The molecule has 1 aliphatic heterocycles. The van der Waals surface area contributed by atoms with Crippen molar-refractivity contribution in [1.29, 1.82) is 0 Å². The predicted molar refractivity (Wildman–Crippen MR) is 134 cm³/mol. The molecule has 174 valence electrons. The fourth-order valence-electron chi connectivity index (χ4n) is 4.42. The minimum absolute atomic E-state index is 0.194. The summed E-state index contributed by atoms with van der Waals surface area (Å²) >= 11 is 0. The number of aromatic nitrogens is 4. The Morgan fingerprint density at radius 3 is 2.53 bits per heavy atom. The van der Waals surface area contributed by atoms with E-state index in [1.807, 2.05) is 78.2 Å². The van der Waals surface area contributed by atoms with E-state index in [1.54, 1.807) is 7.05 Å². The molecular weight excluding hydrogens is 430 g/mol. The minimum Gasteiger partial charge on any atom is -0.494 e. The highest BCUT2D eigenvalue weighted by Crippen LogP contribution is 2.31. The lowest BCUT2D eigenvalue weighted by molar-refractivity contribution is 0.340. The maximum Gasteiger partial charge on any atom is 0.332 e. The molecule has 0 aliphatic carbocycles. The molecular formula is C26H27N5O3. The second-order valence-corrected chi connectivity index (χ2v) is 8.24. The number of hydrogen-bond acceptors (Lipinski definition) is 5. The van der Waals surface area contributed by atoms with E-state index >= 15 is 0 Å². The summed E-state index contributed by atoms with van der Waals surface area (Å²) < 4.78 is 10.2. The molecule has 0 amide bonds. The zero-order valence-electron chi connectivity index (χ0n) is 19.3. The fourth-order valence-corrected chi connectivity index (χ4v) is 4.42. The molecule has 2 aromatic carbocycles. The van der Waals surface area contributed by atoms with Gasteiger partial charge in [-0.05, 0) is 43.2 Å². The molecule has 34 heavy (non-hydrogen) atoms. The largest absolute Gasteiger partial charge is 0.494 e. The van der Waals surface area contributed by atoms with Gasteiger partial charge < -0.3 is 14.2 Å². The van der Waals surface area contributed by atoms with Crippen LogP contribution in [0.5, 0.6) is 5.75 Å². The maximum atomic E-state index is 13.5. The highest BCUT2D eigenvalue weighted by molar-refractivity contribution is 5.77. The molecule has 8 heteroatoms. The summed E-state index contributed by atoms with van der Waals surface area (Å²) in [5.74, 6) is 1.49. The summed E-state index contributed by atoms with van der Waals surface area (Å²) in [7, 11) is 1.67. The molecule has 5 rings (SSSR count). The maximum absolute atomic E-state index is 13.5. The first kappa shape index (κ1) is 21.8. The summed E-state index contributed by atoms with van der Waals surface area (Å²) in [5, 5.41) is 0. The van der Waals surface area contributed by atoms with Gasteiger partial charge in [-0.25, -0.2) is 4.79 Å². The molecule has 2 aromatic heterocycles. The Kier molecular flexibility index (Phi) is 5.79. The van der Waals surface area contributed by atoms with Crippen LogP contribution in [0.1, 0.15) is 18.9 Å². The number of benzene rings is 2. The number of hydrogen-bond donors (Lipinski definition) is 0. The lowest BCUT2D eigenvalue weighted by Crippen LogP contribution is -2.39. The SMILES string of the molecule is CCOc1ccc(N2CCCn3c2nc2c3c(=O)n(CC=Cc3ccccc3)c(=O)n2C)cc1. The number of imidazole rings is 1. The van der Waals surface area contributed by atoms with Crippen LogP contribution in [0, 0.1) is 0 Å². The molecule has 0 saturated heterocycles. The van der Waals surface area contributed by atoms with E-state index in [9.17, 15) is 9.59 Å². The second-order valence-electron chi connectivity index (χ2n) is 8.24. The van der Waals surface area contributed by atoms with Gasteiger partial charge in [0.05, 0.1) is 6.61 Å². The Morgan fingerprint density at radius 2 is 1.79 bits per heavy atom. The van der Waals surface area contributed by atoms with E-state index in [4.69, 9.17) is 9.72 Å². The van der Waals surface area contributed by atoms with Crippen molar-refractivity contribution in [1.82, 2.24) is 18.7 Å². The van der Waals surface area contributed by atoms with E-state index in [1.165, 1.54) is 9.13 Å². The summed E-state index contributed by atoms with van der Waals surface area (Å²) in [4.78, 5) is 33.3. The van der Waals surface area contributed by atoms with Crippen LogP contribution in [-0.4, -0.2) is 31.8 Å². The van der Waals surface area contributed by atoms with Gasteiger partial charge in [-0.3, -0.25) is 13.9 Å². The van der Waals surface area contributed by atoms with Crippen molar-refractivity contribution in [3.63, 3.8) is 0 Å². The van der Waals surface area contributed by atoms with Gasteiger partial charge in [0.25, 0.3) is 5.56 Å². The fraction of sp³-hybridized carbons (Fsp3) is 0.269. The highest BCUT2D eigenvalue weighted by Gasteiger charge is 2.26. The van der Waals surface area contributed by atoms with Gasteiger partial charge in [0.15, 0.2) is 11.2 Å². The predicted octanol–water partition coefficient (Wildman–Crippen LogP) is 3.55. The lowest BCUT2D eigenvalue weighted by atomic mass is 10.2. The molecule has 8 nitrogen and oxygen atoms in total. The third-order valence-corrected chi connectivity index (χ3v) is 6.07. The van der Waals surface area contributed by atoms with Crippen molar-refractivity contribution in [2.75, 3.05) is 18.1 Å². The first-order chi connectivity index (χ1) is 16.6. The first-order valence-electron chi connectivity index (χ1n) is 11.5. The standard InChI is InChI=1S/C26H27N5O3/c1-3-34-21-14-12-20(13-15-21)29-17-8-18-30-22-23(27-25(29)30)28(2)26(33)31(24(22)32)16-7-11-19-9-5-4-6-10-19/h4-7,9-15H,3,8,16-18H2,1-2H3. The van der Waals surface area contributed by atoms with Gasteiger partial charge in [0.2, 0.25) is 5.95 Å². The van der Waals surface area contributed by atoms with Crippen LogP contribution < -0.4 is 20.9 Å². The van der Waals surface area contributed by atoms with Crippen molar-refractivity contribution in [2.45, 2.75) is 26.4 Å². The monoisotopic (exact) mass is 457 g/mol. The number of allylic oxidation sites excluding steroid dienone is 1. The summed E-state index contributed by atoms with van der Waals surface area (Å²) in [6, 6.07) is 17.6. The first-order valence-corrected chi connectivity index (χ1v) is 11.5. The smallest absolute Gasteiger partial charge is 0.332 e. The van der Waals surface area contributed by atoms with Crippen molar-refractivity contribution in [3.8, 4) is 5.75 Å².